The summed E-state index contributed by atoms with van der Waals surface area (Å²) in [7, 11) is 0.932. The largest absolute Gasteiger partial charge is 0.449 e. The van der Waals surface area contributed by atoms with Crippen LogP contribution in [0.3, 0.4) is 0 Å². The van der Waals surface area contributed by atoms with E-state index in [4.69, 9.17) is 4.74 Å². The molecule has 6 rings (SSSR count). The van der Waals surface area contributed by atoms with Gasteiger partial charge in [0.2, 0.25) is 11.8 Å². The molecule has 39 heavy (non-hydrogen) atoms. The quantitative estimate of drug-likeness (QED) is 0.354. The second-order valence-corrected chi connectivity index (χ2v) is 9.82. The molecular formula is C25H22F5N7O2. The van der Waals surface area contributed by atoms with Crippen LogP contribution < -0.4 is 10.5 Å². The van der Waals surface area contributed by atoms with Gasteiger partial charge in [-0.05, 0) is 31.9 Å². The minimum atomic E-state index is -4.98. The zero-order valence-electron chi connectivity index (χ0n) is 20.8. The van der Waals surface area contributed by atoms with Gasteiger partial charge >= 0.3 is 6.18 Å². The molecule has 4 aromatic rings. The van der Waals surface area contributed by atoms with Crippen LogP contribution in [-0.4, -0.2) is 48.5 Å². The van der Waals surface area contributed by atoms with Crippen LogP contribution in [-0.2, 0) is 18.0 Å². The number of hydrogen-bond acceptors (Lipinski definition) is 7. The minimum absolute atomic E-state index is 0.0189. The maximum atomic E-state index is 14.9. The van der Waals surface area contributed by atoms with Gasteiger partial charge in [0.15, 0.2) is 5.52 Å². The first kappa shape index (κ1) is 25.3. The van der Waals surface area contributed by atoms with Crippen LogP contribution in [0.4, 0.5) is 27.9 Å². The maximum absolute atomic E-state index is 14.9. The van der Waals surface area contributed by atoms with Gasteiger partial charge in [-0.1, -0.05) is 0 Å². The highest BCUT2D eigenvalue weighted by Gasteiger charge is 2.38. The number of rotatable bonds is 4. The summed E-state index contributed by atoms with van der Waals surface area (Å²) in [6.07, 6.45) is 0.0308. The van der Waals surface area contributed by atoms with E-state index in [1.165, 1.54) is 0 Å². The summed E-state index contributed by atoms with van der Waals surface area (Å²) in [5.74, 6) is -3.47. The van der Waals surface area contributed by atoms with Crippen molar-refractivity contribution in [3.8, 4) is 11.3 Å². The van der Waals surface area contributed by atoms with E-state index in [0.29, 0.717) is 23.2 Å². The number of anilines is 1. The lowest BCUT2D eigenvalue weighted by atomic mass is 10.1. The van der Waals surface area contributed by atoms with Crippen LogP contribution in [0.1, 0.15) is 43.3 Å². The summed E-state index contributed by atoms with van der Waals surface area (Å²) < 4.78 is 78.0. The smallest absolute Gasteiger partial charge is 0.367 e. The van der Waals surface area contributed by atoms with Crippen molar-refractivity contribution >= 4 is 17.0 Å². The predicted molar refractivity (Wildman–Crippen MR) is 129 cm³/mol. The molecule has 1 saturated heterocycles. The summed E-state index contributed by atoms with van der Waals surface area (Å²) in [6, 6.07) is 2.94. The molecule has 1 aliphatic carbocycles. The molecule has 9 nitrogen and oxygen atoms in total. The third-order valence-electron chi connectivity index (χ3n) is 6.81. The van der Waals surface area contributed by atoms with Gasteiger partial charge in [-0.15, -0.1) is 0 Å². The molecule has 1 aliphatic heterocycles. The van der Waals surface area contributed by atoms with Gasteiger partial charge < -0.3 is 9.64 Å². The lowest BCUT2D eigenvalue weighted by molar-refractivity contribution is -0.147. The number of nitrogens with zero attached hydrogens (tertiary/aromatic N) is 7. The summed E-state index contributed by atoms with van der Waals surface area (Å²) in [5, 5.41) is 4.41. The van der Waals surface area contributed by atoms with Crippen molar-refractivity contribution in [3.05, 3.63) is 64.0 Å². The molecule has 0 bridgehead atoms. The molecule has 14 heteroatoms. The average Bonchev–Trinajstić information content (AvgIpc) is 3.61. The van der Waals surface area contributed by atoms with E-state index >= 15 is 0 Å². The fourth-order valence-electron chi connectivity index (χ4n) is 4.75. The van der Waals surface area contributed by atoms with Gasteiger partial charge in [-0.2, -0.15) is 18.3 Å². The highest BCUT2D eigenvalue weighted by Crippen LogP contribution is 2.36. The molecule has 2 fully saturated rings. The van der Waals surface area contributed by atoms with E-state index in [0.717, 1.165) is 37.6 Å². The highest BCUT2D eigenvalue weighted by atomic mass is 19.4. The van der Waals surface area contributed by atoms with Crippen LogP contribution in [0.2, 0.25) is 0 Å². The predicted octanol–water partition coefficient (Wildman–Crippen LogP) is 4.19. The summed E-state index contributed by atoms with van der Waals surface area (Å²) >= 11 is 0. The van der Waals surface area contributed by atoms with E-state index < -0.39 is 46.3 Å². The summed E-state index contributed by atoms with van der Waals surface area (Å²) in [4.78, 5) is 27.1. The van der Waals surface area contributed by atoms with E-state index in [-0.39, 0.29) is 29.9 Å². The molecule has 1 saturated carbocycles. The Labute approximate surface area is 217 Å². The molecule has 2 aliphatic rings. The normalized spacial score (nSPS) is 20.1. The van der Waals surface area contributed by atoms with Crippen LogP contribution in [0, 0.1) is 11.6 Å². The number of hydrogen-bond donors (Lipinski definition) is 0. The number of benzene rings is 1. The third-order valence-corrected chi connectivity index (χ3v) is 6.81. The first-order valence-corrected chi connectivity index (χ1v) is 12.3. The first-order chi connectivity index (χ1) is 18.5. The first-order valence-electron chi connectivity index (χ1n) is 12.3. The average molecular weight is 547 g/mol. The number of ether oxygens (including phenoxy) is 1. The van der Waals surface area contributed by atoms with Crippen LogP contribution >= 0.6 is 0 Å². The van der Waals surface area contributed by atoms with Crippen molar-refractivity contribution in [1.82, 2.24) is 29.3 Å². The fraction of sp³-hybridized carbons (Fsp3) is 0.400. The third kappa shape index (κ3) is 4.62. The molecule has 0 N–H and O–H groups in total. The van der Waals surface area contributed by atoms with Crippen LogP contribution in [0.25, 0.3) is 22.3 Å². The molecule has 2 unspecified atom stereocenters. The van der Waals surface area contributed by atoms with Gasteiger partial charge in [0.05, 0.1) is 24.9 Å². The minimum Gasteiger partial charge on any atom is -0.367 e. The molecule has 1 aromatic carbocycles. The number of morpholine rings is 1. The lowest BCUT2D eigenvalue weighted by Gasteiger charge is -2.36. The molecule has 4 heterocycles. The van der Waals surface area contributed by atoms with E-state index in [1.807, 2.05) is 17.8 Å². The molecular weight excluding hydrogens is 525 g/mol. The zero-order chi connectivity index (χ0) is 27.6. The van der Waals surface area contributed by atoms with Gasteiger partial charge in [-0.3, -0.25) is 14.0 Å². The van der Waals surface area contributed by atoms with Crippen molar-refractivity contribution in [2.75, 3.05) is 18.0 Å². The van der Waals surface area contributed by atoms with Gasteiger partial charge in [0.1, 0.15) is 28.9 Å². The van der Waals surface area contributed by atoms with Gasteiger partial charge in [-0.25, -0.2) is 23.7 Å². The van der Waals surface area contributed by atoms with Crippen molar-refractivity contribution < 1.29 is 26.7 Å². The molecule has 0 spiro atoms. The van der Waals surface area contributed by atoms with Crippen molar-refractivity contribution in [2.24, 2.45) is 7.05 Å². The molecule has 2 atom stereocenters. The standard InChI is InChI=1S/C25H22F5N7O2/c1-12-9-36(11-18(39-12)13-8-31-37(10-13)15-4-5-15)24-33-19(16-6-3-14(26)7-17(16)27)20-21(34-24)22(38)35(2)23(32-20)25(28,29)30/h3,6-8,10,12,15,18H,4-5,9,11H2,1-2H3. The zero-order valence-corrected chi connectivity index (χ0v) is 20.8. The molecule has 204 valence electrons. The second-order valence-electron chi connectivity index (χ2n) is 9.82. The van der Waals surface area contributed by atoms with E-state index in [2.05, 4.69) is 20.1 Å². The number of alkyl halides is 3. The Balaban J connectivity index is 1.50. The Hall–Kier alpha value is -3.94. The SMILES string of the molecule is CC1CN(c2nc(-c3ccc(F)cc3F)c3nc(C(F)(F)F)n(C)c(=O)c3n2)CC(c2cnn(C3CC3)c2)O1. The number of aromatic nitrogens is 6. The summed E-state index contributed by atoms with van der Waals surface area (Å²) in [5.41, 5.74) is -1.88. The highest BCUT2D eigenvalue weighted by molar-refractivity contribution is 5.89. The Bertz CT molecular complexity index is 1650. The van der Waals surface area contributed by atoms with Crippen molar-refractivity contribution in [1.29, 1.82) is 0 Å². The Kier molecular flexibility index (Phi) is 5.90. The molecule has 0 radical (unpaired) electrons. The second kappa shape index (κ2) is 9.07. The van der Waals surface area contributed by atoms with Crippen LogP contribution in [0.15, 0.2) is 35.4 Å². The molecule has 3 aromatic heterocycles. The summed E-state index contributed by atoms with van der Waals surface area (Å²) in [6.45, 7) is 2.37. The van der Waals surface area contributed by atoms with Gasteiger partial charge in [0, 0.05) is 37.0 Å². The Morgan fingerprint density at radius 3 is 2.51 bits per heavy atom. The Morgan fingerprint density at radius 2 is 1.82 bits per heavy atom. The fourth-order valence-corrected chi connectivity index (χ4v) is 4.75. The topological polar surface area (TPSA) is 91.0 Å². The van der Waals surface area contributed by atoms with Crippen LogP contribution in [0.5, 0.6) is 0 Å². The van der Waals surface area contributed by atoms with E-state index in [1.54, 1.807) is 11.1 Å². The maximum Gasteiger partial charge on any atom is 0.449 e. The van der Waals surface area contributed by atoms with Gasteiger partial charge in [0.25, 0.3) is 5.56 Å². The number of fused-ring (bicyclic) bond motifs is 1. The monoisotopic (exact) mass is 547 g/mol. The van der Waals surface area contributed by atoms with Crippen molar-refractivity contribution in [3.63, 3.8) is 0 Å². The number of halogens is 5. The van der Waals surface area contributed by atoms with Crippen molar-refractivity contribution in [2.45, 2.75) is 44.2 Å². The van der Waals surface area contributed by atoms with E-state index in [9.17, 15) is 26.7 Å². The molecule has 0 amide bonds. The Morgan fingerprint density at radius 1 is 1.05 bits per heavy atom. The lowest BCUT2D eigenvalue weighted by Crippen LogP contribution is -2.44.